The molecule has 0 aliphatic heterocycles. The third-order valence-corrected chi connectivity index (χ3v) is 2.01. The second-order valence-corrected chi connectivity index (χ2v) is 3.49. The molecule has 0 radical (unpaired) electrons. The highest BCUT2D eigenvalue weighted by Gasteiger charge is 2.12. The summed E-state index contributed by atoms with van der Waals surface area (Å²) in [6.45, 7) is 0. The molecule has 0 aromatic heterocycles. The minimum atomic E-state index is -0.227. The molecule has 0 spiro atoms. The lowest BCUT2D eigenvalue weighted by Crippen LogP contribution is -2.22. The molecule has 74 valence electrons. The van der Waals surface area contributed by atoms with Gasteiger partial charge in [-0.05, 0) is 18.2 Å². The molecule has 0 saturated carbocycles. The SMILES string of the molecule is CN(C)C(=O)c1cc(Cl)ccc1C=O. The predicted molar refractivity (Wildman–Crippen MR) is 54.9 cm³/mol. The first-order valence-electron chi connectivity index (χ1n) is 4.02. The number of hydrogen-bond acceptors (Lipinski definition) is 2. The molecule has 14 heavy (non-hydrogen) atoms. The molecule has 0 aliphatic rings. The number of aldehydes is 1. The average molecular weight is 212 g/mol. The van der Waals surface area contributed by atoms with Crippen LogP contribution in [0.4, 0.5) is 0 Å². The first kappa shape index (κ1) is 10.7. The summed E-state index contributed by atoms with van der Waals surface area (Å²) in [6, 6.07) is 4.61. The lowest BCUT2D eigenvalue weighted by Gasteiger charge is -2.11. The largest absolute Gasteiger partial charge is 0.345 e. The first-order chi connectivity index (χ1) is 6.56. The lowest BCUT2D eigenvalue weighted by atomic mass is 10.1. The Kier molecular flexibility index (Phi) is 3.25. The number of rotatable bonds is 2. The fraction of sp³-hybridized carbons (Fsp3) is 0.200. The summed E-state index contributed by atoms with van der Waals surface area (Å²) < 4.78 is 0. The van der Waals surface area contributed by atoms with E-state index in [-0.39, 0.29) is 5.91 Å². The molecule has 0 N–H and O–H groups in total. The lowest BCUT2D eigenvalue weighted by molar-refractivity contribution is 0.0824. The molecule has 1 rings (SSSR count). The molecule has 0 fully saturated rings. The summed E-state index contributed by atoms with van der Waals surface area (Å²) in [6.07, 6.45) is 0.646. The zero-order valence-electron chi connectivity index (χ0n) is 7.95. The van der Waals surface area contributed by atoms with E-state index in [1.54, 1.807) is 20.2 Å². The molecule has 3 nitrogen and oxygen atoms in total. The second kappa shape index (κ2) is 4.24. The number of amides is 1. The maximum Gasteiger partial charge on any atom is 0.254 e. The van der Waals surface area contributed by atoms with Crippen LogP contribution in [-0.2, 0) is 0 Å². The first-order valence-corrected chi connectivity index (χ1v) is 4.40. The molecule has 0 aliphatic carbocycles. The van der Waals surface area contributed by atoms with E-state index in [2.05, 4.69) is 0 Å². The van der Waals surface area contributed by atoms with Crippen molar-refractivity contribution in [3.8, 4) is 0 Å². The van der Waals surface area contributed by atoms with Gasteiger partial charge in [-0.2, -0.15) is 0 Å². The third-order valence-electron chi connectivity index (χ3n) is 1.78. The van der Waals surface area contributed by atoms with E-state index in [1.807, 2.05) is 0 Å². The monoisotopic (exact) mass is 211 g/mol. The van der Waals surface area contributed by atoms with Gasteiger partial charge >= 0.3 is 0 Å². The van der Waals surface area contributed by atoms with E-state index in [4.69, 9.17) is 11.6 Å². The van der Waals surface area contributed by atoms with Gasteiger partial charge in [0.25, 0.3) is 5.91 Å². The van der Waals surface area contributed by atoms with E-state index in [9.17, 15) is 9.59 Å². The Hall–Kier alpha value is -1.35. The van der Waals surface area contributed by atoms with Crippen molar-refractivity contribution in [2.45, 2.75) is 0 Å². The molecule has 4 heteroatoms. The summed E-state index contributed by atoms with van der Waals surface area (Å²) in [4.78, 5) is 23.6. The zero-order valence-corrected chi connectivity index (χ0v) is 8.71. The van der Waals surface area contributed by atoms with Crippen molar-refractivity contribution in [2.75, 3.05) is 14.1 Å². The summed E-state index contributed by atoms with van der Waals surface area (Å²) in [5.74, 6) is -0.227. The number of hydrogen-bond donors (Lipinski definition) is 0. The standard InChI is InChI=1S/C10H10ClNO2/c1-12(2)10(14)9-5-8(11)4-3-7(9)6-13/h3-6H,1-2H3. The van der Waals surface area contributed by atoms with Gasteiger partial charge in [-0.1, -0.05) is 11.6 Å². The van der Waals surface area contributed by atoms with Crippen LogP contribution in [-0.4, -0.2) is 31.2 Å². The van der Waals surface area contributed by atoms with E-state index >= 15 is 0 Å². The normalized spacial score (nSPS) is 9.64. The molecule has 0 heterocycles. The Morgan fingerprint density at radius 3 is 2.57 bits per heavy atom. The Balaban J connectivity index is 3.23. The van der Waals surface area contributed by atoms with Crippen molar-refractivity contribution in [1.82, 2.24) is 4.90 Å². The molecule has 0 atom stereocenters. The average Bonchev–Trinajstić information content (AvgIpc) is 2.16. The van der Waals surface area contributed by atoms with Crippen LogP contribution in [0.25, 0.3) is 0 Å². The quantitative estimate of drug-likeness (QED) is 0.701. The van der Waals surface area contributed by atoms with Crippen LogP contribution in [0.3, 0.4) is 0 Å². The number of benzene rings is 1. The Labute approximate surface area is 87.3 Å². The maximum atomic E-state index is 11.6. The predicted octanol–water partition coefficient (Wildman–Crippen LogP) is 1.85. The molecule has 1 amide bonds. The number of halogens is 1. The highest BCUT2D eigenvalue weighted by Crippen LogP contribution is 2.15. The highest BCUT2D eigenvalue weighted by atomic mass is 35.5. The number of carbonyl (C=O) groups is 2. The molecule has 1 aromatic rings. The number of carbonyl (C=O) groups excluding carboxylic acids is 2. The smallest absolute Gasteiger partial charge is 0.254 e. The topological polar surface area (TPSA) is 37.4 Å². The van der Waals surface area contributed by atoms with E-state index < -0.39 is 0 Å². The fourth-order valence-corrected chi connectivity index (χ4v) is 1.23. The maximum absolute atomic E-state index is 11.6. The molecule has 0 saturated heterocycles. The van der Waals surface area contributed by atoms with Gasteiger partial charge in [0.2, 0.25) is 0 Å². The molecular weight excluding hydrogens is 202 g/mol. The Morgan fingerprint density at radius 1 is 1.43 bits per heavy atom. The van der Waals surface area contributed by atoms with Crippen molar-refractivity contribution in [3.05, 3.63) is 34.3 Å². The van der Waals surface area contributed by atoms with Gasteiger partial charge in [0.05, 0.1) is 5.56 Å². The van der Waals surface area contributed by atoms with E-state index in [0.717, 1.165) is 0 Å². The zero-order chi connectivity index (χ0) is 10.7. The Morgan fingerprint density at radius 2 is 2.07 bits per heavy atom. The summed E-state index contributed by atoms with van der Waals surface area (Å²) in [5, 5.41) is 0.445. The summed E-state index contributed by atoms with van der Waals surface area (Å²) >= 11 is 5.74. The van der Waals surface area contributed by atoms with E-state index in [0.29, 0.717) is 22.4 Å². The van der Waals surface area contributed by atoms with Gasteiger partial charge in [0.1, 0.15) is 0 Å². The minimum Gasteiger partial charge on any atom is -0.345 e. The Bertz CT molecular complexity index is 374. The van der Waals surface area contributed by atoms with Crippen molar-refractivity contribution in [1.29, 1.82) is 0 Å². The van der Waals surface area contributed by atoms with Crippen molar-refractivity contribution >= 4 is 23.8 Å². The van der Waals surface area contributed by atoms with Crippen LogP contribution in [0, 0.1) is 0 Å². The molecular formula is C10H10ClNO2. The van der Waals surface area contributed by atoms with Crippen LogP contribution in [0.15, 0.2) is 18.2 Å². The second-order valence-electron chi connectivity index (χ2n) is 3.05. The van der Waals surface area contributed by atoms with Crippen LogP contribution in [0.2, 0.25) is 5.02 Å². The molecule has 1 aromatic carbocycles. The van der Waals surface area contributed by atoms with Crippen LogP contribution in [0.5, 0.6) is 0 Å². The van der Waals surface area contributed by atoms with Crippen LogP contribution in [0.1, 0.15) is 20.7 Å². The highest BCUT2D eigenvalue weighted by molar-refractivity contribution is 6.31. The summed E-state index contributed by atoms with van der Waals surface area (Å²) in [5.41, 5.74) is 0.686. The van der Waals surface area contributed by atoms with Crippen LogP contribution < -0.4 is 0 Å². The fourth-order valence-electron chi connectivity index (χ4n) is 1.06. The van der Waals surface area contributed by atoms with Crippen molar-refractivity contribution < 1.29 is 9.59 Å². The van der Waals surface area contributed by atoms with Gasteiger partial charge in [-0.25, -0.2) is 0 Å². The van der Waals surface area contributed by atoms with Crippen molar-refractivity contribution in [3.63, 3.8) is 0 Å². The van der Waals surface area contributed by atoms with Crippen molar-refractivity contribution in [2.24, 2.45) is 0 Å². The molecule has 0 unspecified atom stereocenters. The van der Waals surface area contributed by atoms with Gasteiger partial charge in [-0.15, -0.1) is 0 Å². The van der Waals surface area contributed by atoms with E-state index in [1.165, 1.54) is 17.0 Å². The van der Waals surface area contributed by atoms with Gasteiger partial charge in [-0.3, -0.25) is 9.59 Å². The number of nitrogens with zero attached hydrogens (tertiary/aromatic N) is 1. The minimum absolute atomic E-state index is 0.227. The van der Waals surface area contributed by atoms with Gasteiger partial charge < -0.3 is 4.90 Å². The summed E-state index contributed by atoms with van der Waals surface area (Å²) in [7, 11) is 3.25. The van der Waals surface area contributed by atoms with Crippen LogP contribution >= 0.6 is 11.6 Å². The van der Waals surface area contributed by atoms with Gasteiger partial charge in [0, 0.05) is 24.7 Å². The third kappa shape index (κ3) is 2.12. The van der Waals surface area contributed by atoms with Gasteiger partial charge in [0.15, 0.2) is 6.29 Å². The molecule has 0 bridgehead atoms.